The van der Waals surface area contributed by atoms with Crippen molar-refractivity contribution in [3.8, 4) is 11.1 Å². The molecule has 2 aromatic carbocycles. The molecule has 1 atom stereocenters. The molecule has 0 saturated carbocycles. The number of alkyl carbamates (subject to hydrolysis) is 1. The smallest absolute Gasteiger partial charge is 0.407 e. The Balaban J connectivity index is 1.64. The fourth-order valence-electron chi connectivity index (χ4n) is 4.53. The first-order valence-electron chi connectivity index (χ1n) is 12.1. The van der Waals surface area contributed by atoms with Crippen LogP contribution in [0.25, 0.3) is 11.1 Å². The number of ether oxygens (including phenoxy) is 1. The third kappa shape index (κ3) is 6.84. The molecule has 1 aliphatic carbocycles. The van der Waals surface area contributed by atoms with Crippen LogP contribution in [0, 0.1) is 11.3 Å². The van der Waals surface area contributed by atoms with E-state index in [0.717, 1.165) is 22.3 Å². The van der Waals surface area contributed by atoms with E-state index in [4.69, 9.17) is 4.74 Å². The van der Waals surface area contributed by atoms with Gasteiger partial charge >= 0.3 is 12.1 Å². The summed E-state index contributed by atoms with van der Waals surface area (Å²) >= 11 is 0. The zero-order valence-electron chi connectivity index (χ0n) is 21.2. The summed E-state index contributed by atoms with van der Waals surface area (Å²) in [6.45, 7) is 9.80. The van der Waals surface area contributed by atoms with Gasteiger partial charge in [-0.1, -0.05) is 83.1 Å². The molecule has 0 radical (unpaired) electrons. The monoisotopic (exact) mass is 480 g/mol. The van der Waals surface area contributed by atoms with Gasteiger partial charge in [0.25, 0.3) is 0 Å². The average molecular weight is 481 g/mol. The largest absolute Gasteiger partial charge is 0.480 e. The molecule has 188 valence electrons. The van der Waals surface area contributed by atoms with Gasteiger partial charge in [0.05, 0.1) is 0 Å². The number of fused-ring (bicyclic) bond motifs is 3. The summed E-state index contributed by atoms with van der Waals surface area (Å²) in [7, 11) is 0. The number of rotatable bonds is 9. The Bertz CT molecular complexity index is 1030. The van der Waals surface area contributed by atoms with Crippen molar-refractivity contribution in [2.24, 2.45) is 11.3 Å². The van der Waals surface area contributed by atoms with Crippen molar-refractivity contribution in [3.05, 3.63) is 59.7 Å². The number of carbonyl (C=O) groups excluding carboxylic acids is 2. The van der Waals surface area contributed by atoms with E-state index in [1.165, 1.54) is 4.90 Å². The van der Waals surface area contributed by atoms with Crippen molar-refractivity contribution in [2.45, 2.75) is 53.0 Å². The summed E-state index contributed by atoms with van der Waals surface area (Å²) in [5.41, 5.74) is 4.31. The lowest BCUT2D eigenvalue weighted by atomic mass is 9.95. The van der Waals surface area contributed by atoms with E-state index in [-0.39, 0.29) is 42.7 Å². The standard InChI is InChI=1S/C28H36N2O5/c1-18(2)24(14-25(31)30(15-26(32)33)17-28(3,4)5)29-27(34)35-16-23-21-12-8-6-10-19(21)20-11-7-9-13-22(20)23/h6-13,18,23-24H,14-17H2,1-5H3,(H,29,34)(H,32,33). The van der Waals surface area contributed by atoms with Crippen molar-refractivity contribution in [2.75, 3.05) is 19.7 Å². The molecule has 0 spiro atoms. The van der Waals surface area contributed by atoms with Gasteiger partial charge in [0.15, 0.2) is 0 Å². The number of nitrogens with one attached hydrogen (secondary N) is 1. The molecule has 3 rings (SSSR count). The van der Waals surface area contributed by atoms with Crippen LogP contribution in [0.15, 0.2) is 48.5 Å². The Labute approximate surface area is 207 Å². The highest BCUT2D eigenvalue weighted by Crippen LogP contribution is 2.44. The first-order chi connectivity index (χ1) is 16.5. The molecule has 0 fully saturated rings. The number of hydrogen-bond donors (Lipinski definition) is 2. The summed E-state index contributed by atoms with van der Waals surface area (Å²) in [5.74, 6) is -1.46. The van der Waals surface area contributed by atoms with Gasteiger partial charge in [0.1, 0.15) is 13.2 Å². The number of amides is 2. The number of benzene rings is 2. The van der Waals surface area contributed by atoms with Crippen LogP contribution in [0.4, 0.5) is 4.79 Å². The third-order valence-corrected chi connectivity index (χ3v) is 6.19. The molecule has 2 amide bonds. The summed E-state index contributed by atoms with van der Waals surface area (Å²) < 4.78 is 5.64. The lowest BCUT2D eigenvalue weighted by Crippen LogP contribution is -2.46. The van der Waals surface area contributed by atoms with Crippen LogP contribution in [0.1, 0.15) is 58.1 Å². The van der Waals surface area contributed by atoms with Crippen LogP contribution in [0.5, 0.6) is 0 Å². The molecule has 1 aliphatic rings. The van der Waals surface area contributed by atoms with Gasteiger partial charge in [-0.25, -0.2) is 4.79 Å². The van der Waals surface area contributed by atoms with Gasteiger partial charge in [-0.15, -0.1) is 0 Å². The summed E-state index contributed by atoms with van der Waals surface area (Å²) in [4.78, 5) is 38.4. The molecule has 0 heterocycles. The second-order valence-corrected chi connectivity index (χ2v) is 10.7. The van der Waals surface area contributed by atoms with Crippen molar-refractivity contribution in [1.29, 1.82) is 0 Å². The van der Waals surface area contributed by atoms with Crippen LogP contribution < -0.4 is 5.32 Å². The maximum atomic E-state index is 13.0. The van der Waals surface area contributed by atoms with Crippen molar-refractivity contribution >= 4 is 18.0 Å². The summed E-state index contributed by atoms with van der Waals surface area (Å²) in [5, 5.41) is 12.1. The van der Waals surface area contributed by atoms with Gasteiger partial charge < -0.3 is 20.1 Å². The number of hydrogen-bond acceptors (Lipinski definition) is 4. The normalized spacial score (nSPS) is 13.7. The first-order valence-corrected chi connectivity index (χ1v) is 12.1. The number of nitrogens with zero attached hydrogens (tertiary/aromatic N) is 1. The van der Waals surface area contributed by atoms with Gasteiger partial charge in [-0.05, 0) is 33.6 Å². The van der Waals surface area contributed by atoms with Gasteiger partial charge in [0, 0.05) is 24.9 Å². The molecule has 0 aromatic heterocycles. The molecule has 0 saturated heterocycles. The fraction of sp³-hybridized carbons (Fsp3) is 0.464. The molecule has 7 heteroatoms. The van der Waals surface area contributed by atoms with Crippen LogP contribution in [-0.2, 0) is 14.3 Å². The zero-order valence-corrected chi connectivity index (χ0v) is 21.2. The molecule has 0 aliphatic heterocycles. The van der Waals surface area contributed by atoms with E-state index in [0.29, 0.717) is 6.54 Å². The zero-order chi connectivity index (χ0) is 25.8. The Kier molecular flexibility index (Phi) is 8.20. The summed E-state index contributed by atoms with van der Waals surface area (Å²) in [6.07, 6.45) is -0.579. The highest BCUT2D eigenvalue weighted by atomic mass is 16.5. The average Bonchev–Trinajstić information content (AvgIpc) is 3.09. The lowest BCUT2D eigenvalue weighted by Gasteiger charge is -2.31. The van der Waals surface area contributed by atoms with Gasteiger partial charge in [0.2, 0.25) is 5.91 Å². The molecular formula is C28H36N2O5. The SMILES string of the molecule is CC(C)C(CC(=O)N(CC(=O)O)CC(C)(C)C)NC(=O)OCC1c2ccccc2-c2ccccc21. The first kappa shape index (κ1) is 26.3. The maximum Gasteiger partial charge on any atom is 0.407 e. The topological polar surface area (TPSA) is 95.9 Å². The van der Waals surface area contributed by atoms with E-state index in [2.05, 4.69) is 29.6 Å². The van der Waals surface area contributed by atoms with Crippen molar-refractivity contribution in [3.63, 3.8) is 0 Å². The number of aliphatic carboxylic acids is 1. The summed E-state index contributed by atoms with van der Waals surface area (Å²) in [6, 6.07) is 15.8. The van der Waals surface area contributed by atoms with Crippen LogP contribution in [0.2, 0.25) is 0 Å². The van der Waals surface area contributed by atoms with E-state index in [9.17, 15) is 19.5 Å². The lowest BCUT2D eigenvalue weighted by molar-refractivity contribution is -0.145. The van der Waals surface area contributed by atoms with E-state index >= 15 is 0 Å². The molecule has 35 heavy (non-hydrogen) atoms. The Morgan fingerprint density at radius 3 is 2.03 bits per heavy atom. The van der Waals surface area contributed by atoms with Crippen LogP contribution >= 0.6 is 0 Å². The minimum atomic E-state index is -1.06. The van der Waals surface area contributed by atoms with Crippen LogP contribution in [-0.4, -0.2) is 53.7 Å². The van der Waals surface area contributed by atoms with Gasteiger partial charge in [-0.2, -0.15) is 0 Å². The molecule has 2 N–H and O–H groups in total. The van der Waals surface area contributed by atoms with Crippen molar-refractivity contribution < 1.29 is 24.2 Å². The van der Waals surface area contributed by atoms with E-state index < -0.39 is 18.1 Å². The van der Waals surface area contributed by atoms with Crippen LogP contribution in [0.3, 0.4) is 0 Å². The van der Waals surface area contributed by atoms with Gasteiger partial charge in [-0.3, -0.25) is 9.59 Å². The molecule has 7 nitrogen and oxygen atoms in total. The Hall–Kier alpha value is -3.35. The quantitative estimate of drug-likeness (QED) is 0.532. The highest BCUT2D eigenvalue weighted by molar-refractivity contribution is 5.82. The second kappa shape index (κ2) is 10.9. The highest BCUT2D eigenvalue weighted by Gasteiger charge is 2.30. The third-order valence-electron chi connectivity index (χ3n) is 6.19. The Morgan fingerprint density at radius 1 is 1.00 bits per heavy atom. The number of carbonyl (C=O) groups is 3. The van der Waals surface area contributed by atoms with Crippen molar-refractivity contribution in [1.82, 2.24) is 10.2 Å². The van der Waals surface area contributed by atoms with E-state index in [1.54, 1.807) is 0 Å². The molecular weight excluding hydrogens is 444 g/mol. The molecule has 0 bridgehead atoms. The predicted molar refractivity (Wildman–Crippen MR) is 135 cm³/mol. The maximum absolute atomic E-state index is 13.0. The predicted octanol–water partition coefficient (Wildman–Crippen LogP) is 4.90. The Morgan fingerprint density at radius 2 is 1.54 bits per heavy atom. The second-order valence-electron chi connectivity index (χ2n) is 10.7. The number of carboxylic acid groups (broad SMARTS) is 1. The minimum absolute atomic E-state index is 0.00518. The minimum Gasteiger partial charge on any atom is -0.480 e. The number of carboxylic acids is 1. The fourth-order valence-corrected chi connectivity index (χ4v) is 4.53. The molecule has 1 unspecified atom stereocenters. The molecule has 2 aromatic rings. The van der Waals surface area contributed by atoms with E-state index in [1.807, 2.05) is 58.9 Å².